The van der Waals surface area contributed by atoms with Gasteiger partial charge < -0.3 is 15.7 Å². The van der Waals surface area contributed by atoms with E-state index in [0.29, 0.717) is 25.9 Å². The minimum Gasteiger partial charge on any atom is -0.481 e. The van der Waals surface area contributed by atoms with E-state index in [1.54, 1.807) is 0 Å². The summed E-state index contributed by atoms with van der Waals surface area (Å²) in [5.74, 6) is -1.02. The topological polar surface area (TPSA) is 102 Å². The first kappa shape index (κ1) is 13.4. The molecule has 0 bridgehead atoms. The van der Waals surface area contributed by atoms with Crippen molar-refractivity contribution in [3.63, 3.8) is 0 Å². The highest BCUT2D eigenvalue weighted by Crippen LogP contribution is 1.85. The third-order valence-corrected chi connectivity index (χ3v) is 1.59. The van der Waals surface area contributed by atoms with Gasteiger partial charge in [-0.25, -0.2) is 0 Å². The van der Waals surface area contributed by atoms with Gasteiger partial charge in [0.2, 0.25) is 5.91 Å². The molecule has 0 aliphatic carbocycles. The SMILES string of the molecule is N#CCCNC(=O)CNCCCC(=O)O. The molecule has 0 saturated carbocycles. The first-order valence-electron chi connectivity index (χ1n) is 4.73. The summed E-state index contributed by atoms with van der Waals surface area (Å²) in [5, 5.41) is 21.9. The molecule has 3 N–H and O–H groups in total. The standard InChI is InChI=1S/C9H15N3O3/c10-4-2-6-12-8(13)7-11-5-1-3-9(14)15/h11H,1-3,5-7H2,(H,12,13)(H,14,15). The van der Waals surface area contributed by atoms with Crippen LogP contribution in [0.15, 0.2) is 0 Å². The second-order valence-electron chi connectivity index (χ2n) is 2.93. The second-order valence-corrected chi connectivity index (χ2v) is 2.93. The van der Waals surface area contributed by atoms with Gasteiger partial charge in [-0.15, -0.1) is 0 Å². The third-order valence-electron chi connectivity index (χ3n) is 1.59. The van der Waals surface area contributed by atoms with E-state index in [-0.39, 0.29) is 18.9 Å². The number of hydrogen-bond donors (Lipinski definition) is 3. The van der Waals surface area contributed by atoms with E-state index in [9.17, 15) is 9.59 Å². The molecule has 0 fully saturated rings. The van der Waals surface area contributed by atoms with Gasteiger partial charge in [0.05, 0.1) is 19.0 Å². The van der Waals surface area contributed by atoms with E-state index in [2.05, 4.69) is 10.6 Å². The summed E-state index contributed by atoms with van der Waals surface area (Å²) in [5.41, 5.74) is 0. The number of amides is 1. The molecule has 0 atom stereocenters. The van der Waals surface area contributed by atoms with Crippen molar-refractivity contribution in [1.29, 1.82) is 5.26 Å². The number of nitrogens with zero attached hydrogens (tertiary/aromatic N) is 1. The zero-order chi connectivity index (χ0) is 11.5. The molecule has 0 aromatic rings. The number of carboxylic acids is 1. The number of rotatable bonds is 8. The fraction of sp³-hybridized carbons (Fsp3) is 0.667. The molecule has 6 heteroatoms. The van der Waals surface area contributed by atoms with Crippen LogP contribution >= 0.6 is 0 Å². The molecule has 0 aliphatic rings. The lowest BCUT2D eigenvalue weighted by Gasteiger charge is -2.03. The number of carboxylic acid groups (broad SMARTS) is 1. The van der Waals surface area contributed by atoms with Crippen molar-refractivity contribution in [3.05, 3.63) is 0 Å². The molecule has 0 unspecified atom stereocenters. The van der Waals surface area contributed by atoms with E-state index in [4.69, 9.17) is 10.4 Å². The molecule has 6 nitrogen and oxygen atoms in total. The highest BCUT2D eigenvalue weighted by atomic mass is 16.4. The van der Waals surface area contributed by atoms with Gasteiger partial charge in [-0.3, -0.25) is 9.59 Å². The quantitative estimate of drug-likeness (QED) is 0.470. The van der Waals surface area contributed by atoms with Crippen molar-refractivity contribution < 1.29 is 14.7 Å². The van der Waals surface area contributed by atoms with Crippen molar-refractivity contribution in [3.8, 4) is 6.07 Å². The molecular weight excluding hydrogens is 198 g/mol. The predicted octanol–water partition coefficient (Wildman–Crippen LogP) is -0.529. The molecule has 0 rings (SSSR count). The van der Waals surface area contributed by atoms with Crippen LogP contribution in [0, 0.1) is 11.3 Å². The van der Waals surface area contributed by atoms with Crippen LogP contribution in [-0.2, 0) is 9.59 Å². The highest BCUT2D eigenvalue weighted by molar-refractivity contribution is 5.77. The molecule has 84 valence electrons. The maximum Gasteiger partial charge on any atom is 0.303 e. The summed E-state index contributed by atoms with van der Waals surface area (Å²) in [7, 11) is 0. The summed E-state index contributed by atoms with van der Waals surface area (Å²) in [4.78, 5) is 21.1. The van der Waals surface area contributed by atoms with Gasteiger partial charge in [0.15, 0.2) is 0 Å². The van der Waals surface area contributed by atoms with Crippen molar-refractivity contribution in [1.82, 2.24) is 10.6 Å². The van der Waals surface area contributed by atoms with Gasteiger partial charge in [0, 0.05) is 13.0 Å². The van der Waals surface area contributed by atoms with E-state index in [1.165, 1.54) is 0 Å². The minimum atomic E-state index is -0.838. The van der Waals surface area contributed by atoms with Crippen LogP contribution in [0.4, 0.5) is 0 Å². The molecular formula is C9H15N3O3. The van der Waals surface area contributed by atoms with Crippen LogP contribution in [0.2, 0.25) is 0 Å². The Balaban J connectivity index is 3.24. The van der Waals surface area contributed by atoms with Crippen LogP contribution in [0.5, 0.6) is 0 Å². The van der Waals surface area contributed by atoms with Crippen LogP contribution in [0.1, 0.15) is 19.3 Å². The maximum absolute atomic E-state index is 11.0. The van der Waals surface area contributed by atoms with Crippen molar-refractivity contribution >= 4 is 11.9 Å². The fourth-order valence-corrected chi connectivity index (χ4v) is 0.887. The highest BCUT2D eigenvalue weighted by Gasteiger charge is 2.00. The zero-order valence-corrected chi connectivity index (χ0v) is 8.45. The lowest BCUT2D eigenvalue weighted by atomic mass is 10.3. The van der Waals surface area contributed by atoms with Gasteiger partial charge in [0.1, 0.15) is 0 Å². The molecule has 0 aromatic carbocycles. The first-order chi connectivity index (χ1) is 7.16. The van der Waals surface area contributed by atoms with Gasteiger partial charge in [-0.05, 0) is 13.0 Å². The minimum absolute atomic E-state index is 0.100. The number of carbonyl (C=O) groups is 2. The zero-order valence-electron chi connectivity index (χ0n) is 8.45. The first-order valence-corrected chi connectivity index (χ1v) is 4.73. The summed E-state index contributed by atoms with van der Waals surface area (Å²) < 4.78 is 0. The third kappa shape index (κ3) is 10.3. The van der Waals surface area contributed by atoms with Gasteiger partial charge in [0.25, 0.3) is 0 Å². The van der Waals surface area contributed by atoms with E-state index in [0.717, 1.165) is 0 Å². The maximum atomic E-state index is 11.0. The molecule has 0 spiro atoms. The number of hydrogen-bond acceptors (Lipinski definition) is 4. The van der Waals surface area contributed by atoms with Crippen molar-refractivity contribution in [2.45, 2.75) is 19.3 Å². The normalized spacial score (nSPS) is 9.27. The Labute approximate surface area is 88.3 Å². The summed E-state index contributed by atoms with van der Waals surface area (Å²) in [6, 6.07) is 1.91. The largest absolute Gasteiger partial charge is 0.481 e. The molecule has 1 amide bonds. The molecule has 0 aliphatic heterocycles. The molecule has 0 aromatic heterocycles. The fourth-order valence-electron chi connectivity index (χ4n) is 0.887. The summed E-state index contributed by atoms with van der Waals surface area (Å²) in [6.45, 7) is 1.01. The Morgan fingerprint density at radius 3 is 2.67 bits per heavy atom. The van der Waals surface area contributed by atoms with Gasteiger partial charge in [-0.1, -0.05) is 0 Å². The number of aliphatic carboxylic acids is 1. The monoisotopic (exact) mass is 213 g/mol. The van der Waals surface area contributed by atoms with Gasteiger partial charge >= 0.3 is 5.97 Å². The van der Waals surface area contributed by atoms with Crippen LogP contribution in [-0.4, -0.2) is 36.6 Å². The summed E-state index contributed by atoms with van der Waals surface area (Å²) >= 11 is 0. The summed E-state index contributed by atoms with van der Waals surface area (Å²) in [6.07, 6.45) is 0.897. The van der Waals surface area contributed by atoms with E-state index in [1.807, 2.05) is 6.07 Å². The Kier molecular flexibility index (Phi) is 8.00. The second kappa shape index (κ2) is 8.97. The van der Waals surface area contributed by atoms with Crippen molar-refractivity contribution in [2.75, 3.05) is 19.6 Å². The molecule has 15 heavy (non-hydrogen) atoms. The van der Waals surface area contributed by atoms with Crippen LogP contribution in [0.25, 0.3) is 0 Å². The van der Waals surface area contributed by atoms with Crippen molar-refractivity contribution in [2.24, 2.45) is 0 Å². The predicted molar refractivity (Wildman–Crippen MR) is 53.0 cm³/mol. The Morgan fingerprint density at radius 2 is 2.07 bits per heavy atom. The van der Waals surface area contributed by atoms with E-state index < -0.39 is 5.97 Å². The number of carbonyl (C=O) groups excluding carboxylic acids is 1. The average molecular weight is 213 g/mol. The smallest absolute Gasteiger partial charge is 0.303 e. The molecule has 0 saturated heterocycles. The lowest BCUT2D eigenvalue weighted by Crippen LogP contribution is -2.34. The van der Waals surface area contributed by atoms with Crippen LogP contribution < -0.4 is 10.6 Å². The Morgan fingerprint density at radius 1 is 1.33 bits per heavy atom. The van der Waals surface area contributed by atoms with Crippen LogP contribution in [0.3, 0.4) is 0 Å². The van der Waals surface area contributed by atoms with Gasteiger partial charge in [-0.2, -0.15) is 5.26 Å². The number of nitriles is 1. The Hall–Kier alpha value is -1.61. The number of nitrogens with one attached hydrogen (secondary N) is 2. The van der Waals surface area contributed by atoms with E-state index >= 15 is 0 Å². The lowest BCUT2D eigenvalue weighted by molar-refractivity contribution is -0.137. The average Bonchev–Trinajstić information content (AvgIpc) is 2.17. The molecule has 0 radical (unpaired) electrons. The Bertz CT molecular complexity index is 247. The molecule has 0 heterocycles.